The second-order valence-corrected chi connectivity index (χ2v) is 8.47. The largest absolute Gasteiger partial charge is 0.331 e. The number of hydrogen-bond donors (Lipinski definition) is 1. The third kappa shape index (κ3) is 2.32. The van der Waals surface area contributed by atoms with Gasteiger partial charge in [0, 0.05) is 40.3 Å². The van der Waals surface area contributed by atoms with Crippen molar-refractivity contribution in [1.29, 1.82) is 0 Å². The van der Waals surface area contributed by atoms with Gasteiger partial charge < -0.3 is 4.90 Å². The van der Waals surface area contributed by atoms with Crippen LogP contribution in [0.5, 0.6) is 0 Å². The molecule has 0 saturated carbocycles. The smallest absolute Gasteiger partial charge is 0.275 e. The van der Waals surface area contributed by atoms with Crippen LogP contribution >= 0.6 is 11.3 Å². The first-order chi connectivity index (χ1) is 12.1. The van der Waals surface area contributed by atoms with Gasteiger partial charge in [0.15, 0.2) is 5.69 Å². The molecule has 128 valence electrons. The Balaban J connectivity index is 1.47. The van der Waals surface area contributed by atoms with Gasteiger partial charge in [-0.05, 0) is 50.2 Å². The predicted octanol–water partition coefficient (Wildman–Crippen LogP) is 3.13. The molecule has 0 aliphatic carbocycles. The summed E-state index contributed by atoms with van der Waals surface area (Å²) in [6.07, 6.45) is 1.09. The van der Waals surface area contributed by atoms with Gasteiger partial charge in [-0.15, -0.1) is 11.3 Å². The Hall–Kier alpha value is -2.18. The van der Waals surface area contributed by atoms with Crippen molar-refractivity contribution in [2.45, 2.75) is 25.4 Å². The van der Waals surface area contributed by atoms with Gasteiger partial charge in [-0.1, -0.05) is 6.07 Å². The van der Waals surface area contributed by atoms with E-state index in [4.69, 9.17) is 0 Å². The number of hydrogen-bond acceptors (Lipinski definition) is 4. The van der Waals surface area contributed by atoms with Crippen molar-refractivity contribution in [3.05, 3.63) is 40.9 Å². The molecule has 1 N–H and O–H groups in total. The molecule has 6 heteroatoms. The monoisotopic (exact) mass is 352 g/mol. The number of fused-ring (bicyclic) bond motifs is 3. The number of nitrogens with zero attached hydrogens (tertiary/aromatic N) is 3. The molecule has 0 unspecified atom stereocenters. The molecule has 4 heterocycles. The zero-order chi connectivity index (χ0) is 17.1. The quantitative estimate of drug-likeness (QED) is 0.771. The third-order valence-electron chi connectivity index (χ3n) is 5.57. The van der Waals surface area contributed by atoms with Crippen molar-refractivity contribution in [2.24, 2.45) is 0 Å². The van der Waals surface area contributed by atoms with Crippen molar-refractivity contribution < 1.29 is 4.79 Å². The fourth-order valence-electron chi connectivity index (χ4n) is 4.18. The Morgan fingerprint density at radius 2 is 2.12 bits per heavy atom. The first-order valence-corrected chi connectivity index (χ1v) is 9.48. The lowest BCUT2D eigenvalue weighted by Crippen LogP contribution is -2.47. The third-order valence-corrected chi connectivity index (χ3v) is 6.62. The molecular formula is C19H20N4OS. The minimum Gasteiger partial charge on any atom is -0.331 e. The topological polar surface area (TPSA) is 52.2 Å². The molecule has 0 radical (unpaired) electrons. The molecule has 2 saturated heterocycles. The number of nitrogens with one attached hydrogen (secondary N) is 1. The summed E-state index contributed by atoms with van der Waals surface area (Å²) >= 11 is 1.78. The van der Waals surface area contributed by atoms with E-state index in [9.17, 15) is 4.79 Å². The van der Waals surface area contributed by atoms with Crippen LogP contribution in [0.25, 0.3) is 21.3 Å². The second-order valence-electron chi connectivity index (χ2n) is 7.18. The zero-order valence-electron chi connectivity index (χ0n) is 14.3. The normalized spacial score (nSPS) is 23.0. The van der Waals surface area contributed by atoms with Gasteiger partial charge in [-0.3, -0.25) is 14.8 Å². The number of likely N-dealkylation sites (N-methyl/N-ethyl adjacent to an activating group) is 1. The van der Waals surface area contributed by atoms with Crippen LogP contribution in [0.15, 0.2) is 30.3 Å². The number of likely N-dealkylation sites (tertiary alicyclic amines) is 2. The number of aromatic amines is 1. The highest BCUT2D eigenvalue weighted by molar-refractivity contribution is 7.15. The van der Waals surface area contributed by atoms with E-state index in [-0.39, 0.29) is 5.91 Å². The fraction of sp³-hybridized carbons (Fsp3) is 0.368. The number of H-pyrrole nitrogens is 1. The van der Waals surface area contributed by atoms with Gasteiger partial charge >= 0.3 is 0 Å². The number of aryl methyl sites for hydroxylation is 1. The Bertz CT molecular complexity index is 973. The maximum Gasteiger partial charge on any atom is 0.275 e. The number of benzene rings is 1. The van der Waals surface area contributed by atoms with Crippen molar-refractivity contribution >= 4 is 28.1 Å². The van der Waals surface area contributed by atoms with E-state index < -0.39 is 0 Å². The zero-order valence-corrected chi connectivity index (χ0v) is 15.1. The number of piperazine rings is 1. The van der Waals surface area contributed by atoms with Gasteiger partial charge in [-0.2, -0.15) is 5.10 Å². The van der Waals surface area contributed by atoms with Crippen molar-refractivity contribution in [1.82, 2.24) is 20.0 Å². The van der Waals surface area contributed by atoms with Crippen LogP contribution in [-0.4, -0.2) is 58.1 Å². The number of amides is 1. The summed E-state index contributed by atoms with van der Waals surface area (Å²) in [5, 5.41) is 8.33. The summed E-state index contributed by atoms with van der Waals surface area (Å²) in [5.74, 6) is 0.0616. The Kier molecular flexibility index (Phi) is 3.27. The molecule has 1 amide bonds. The first kappa shape index (κ1) is 15.1. The molecular weight excluding hydrogens is 332 g/mol. The molecule has 1 aromatic carbocycles. The standard InChI is InChI=1S/C19H20N4OS/c1-11-3-6-17(25-11)12-4-5-15-16(7-12)20-21-18(15)19(24)23-10-13-8-14(23)9-22(13)2/h3-7,13-14H,8-10H2,1-2H3,(H,20,21)/t13-,14-/m0/s1. The SMILES string of the molecule is Cc1ccc(-c2ccc3c(C(=O)N4C[C@@H]5C[C@H]4CN5C)n[nH]c3c2)s1. The van der Waals surface area contributed by atoms with Crippen molar-refractivity contribution in [3.63, 3.8) is 0 Å². The fourth-order valence-corrected chi connectivity index (χ4v) is 5.04. The van der Waals surface area contributed by atoms with Crippen molar-refractivity contribution in [3.8, 4) is 10.4 Å². The molecule has 5 rings (SSSR count). The number of aromatic nitrogens is 2. The summed E-state index contributed by atoms with van der Waals surface area (Å²) < 4.78 is 0. The molecule has 0 spiro atoms. The van der Waals surface area contributed by atoms with Crippen LogP contribution in [0, 0.1) is 6.92 Å². The van der Waals surface area contributed by atoms with Gasteiger partial charge in [0.1, 0.15) is 0 Å². The summed E-state index contributed by atoms with van der Waals surface area (Å²) in [6, 6.07) is 11.3. The highest BCUT2D eigenvalue weighted by Crippen LogP contribution is 2.33. The van der Waals surface area contributed by atoms with Crippen molar-refractivity contribution in [2.75, 3.05) is 20.1 Å². The lowest BCUT2D eigenvalue weighted by Gasteiger charge is -2.31. The van der Waals surface area contributed by atoms with E-state index in [0.29, 0.717) is 17.8 Å². The van der Waals surface area contributed by atoms with Crippen LogP contribution in [0.3, 0.4) is 0 Å². The van der Waals surface area contributed by atoms with Gasteiger partial charge in [0.05, 0.1) is 5.52 Å². The number of thiophene rings is 1. The number of carbonyl (C=O) groups excluding carboxylic acids is 1. The molecule has 2 bridgehead atoms. The molecule has 5 nitrogen and oxygen atoms in total. The van der Waals surface area contributed by atoms with E-state index in [1.807, 2.05) is 11.0 Å². The van der Waals surface area contributed by atoms with Crippen LogP contribution in [0.1, 0.15) is 21.8 Å². The molecule has 2 aliphatic rings. The minimum absolute atomic E-state index is 0.0616. The highest BCUT2D eigenvalue weighted by Gasteiger charge is 2.44. The second kappa shape index (κ2) is 5.41. The van der Waals surface area contributed by atoms with E-state index >= 15 is 0 Å². The Morgan fingerprint density at radius 1 is 1.24 bits per heavy atom. The predicted molar refractivity (Wildman–Crippen MR) is 100 cm³/mol. The average Bonchev–Trinajstić information content (AvgIpc) is 3.35. The van der Waals surface area contributed by atoms with Crippen LogP contribution in [0.2, 0.25) is 0 Å². The number of carbonyl (C=O) groups is 1. The van der Waals surface area contributed by atoms with Gasteiger partial charge in [0.2, 0.25) is 0 Å². The molecule has 25 heavy (non-hydrogen) atoms. The summed E-state index contributed by atoms with van der Waals surface area (Å²) in [7, 11) is 2.14. The van der Waals surface area contributed by atoms with Gasteiger partial charge in [-0.25, -0.2) is 0 Å². The first-order valence-electron chi connectivity index (χ1n) is 8.66. The number of rotatable bonds is 2. The van der Waals surface area contributed by atoms with Crippen LogP contribution in [-0.2, 0) is 0 Å². The highest BCUT2D eigenvalue weighted by atomic mass is 32.1. The van der Waals surface area contributed by atoms with E-state index in [1.54, 1.807) is 11.3 Å². The molecule has 2 fully saturated rings. The van der Waals surface area contributed by atoms with Crippen LogP contribution in [0.4, 0.5) is 0 Å². The maximum absolute atomic E-state index is 13.0. The molecule has 2 atom stereocenters. The molecule has 2 aromatic heterocycles. The van der Waals surface area contributed by atoms with E-state index in [1.165, 1.54) is 9.75 Å². The lowest BCUT2D eigenvalue weighted by molar-refractivity contribution is 0.0646. The summed E-state index contributed by atoms with van der Waals surface area (Å²) in [4.78, 5) is 19.9. The Morgan fingerprint density at radius 3 is 2.80 bits per heavy atom. The summed E-state index contributed by atoms with van der Waals surface area (Å²) in [5.41, 5.74) is 2.64. The maximum atomic E-state index is 13.0. The van der Waals surface area contributed by atoms with Gasteiger partial charge in [0.25, 0.3) is 5.91 Å². The summed E-state index contributed by atoms with van der Waals surface area (Å²) in [6.45, 7) is 3.91. The van der Waals surface area contributed by atoms with Crippen LogP contribution < -0.4 is 0 Å². The van der Waals surface area contributed by atoms with E-state index in [0.717, 1.165) is 36.0 Å². The average molecular weight is 352 g/mol. The molecule has 3 aromatic rings. The van der Waals surface area contributed by atoms with E-state index in [2.05, 4.69) is 53.3 Å². The minimum atomic E-state index is 0.0616. The lowest BCUT2D eigenvalue weighted by atomic mass is 10.1. The Labute approximate surface area is 150 Å². The molecule has 2 aliphatic heterocycles.